The van der Waals surface area contributed by atoms with E-state index >= 15 is 0 Å². The molecule has 0 aliphatic heterocycles. The second kappa shape index (κ2) is 7.67. The fourth-order valence-electron chi connectivity index (χ4n) is 1.99. The summed E-state index contributed by atoms with van der Waals surface area (Å²) in [4.78, 5) is 0. The Kier molecular flexibility index (Phi) is 5.89. The van der Waals surface area contributed by atoms with E-state index in [9.17, 15) is 0 Å². The van der Waals surface area contributed by atoms with E-state index in [0.29, 0.717) is 6.61 Å². The monoisotopic (exact) mass is 309 g/mol. The van der Waals surface area contributed by atoms with E-state index in [-0.39, 0.29) is 6.04 Å². The van der Waals surface area contributed by atoms with Crippen molar-refractivity contribution >= 4 is 22.9 Å². The van der Waals surface area contributed by atoms with Gasteiger partial charge in [0.2, 0.25) is 0 Å². The van der Waals surface area contributed by atoms with Gasteiger partial charge < -0.3 is 10.5 Å². The molecule has 0 fully saturated rings. The minimum Gasteiger partial charge on any atom is -0.493 e. The summed E-state index contributed by atoms with van der Waals surface area (Å²) in [5.74, 6) is 0.897. The van der Waals surface area contributed by atoms with Gasteiger partial charge in [0.25, 0.3) is 0 Å². The van der Waals surface area contributed by atoms with E-state index in [1.807, 2.05) is 18.2 Å². The molecular weight excluding hydrogens is 290 g/mol. The van der Waals surface area contributed by atoms with Crippen molar-refractivity contribution in [1.29, 1.82) is 0 Å². The first-order chi connectivity index (χ1) is 9.69. The van der Waals surface area contributed by atoms with Crippen LogP contribution in [0.2, 0.25) is 5.02 Å². The van der Waals surface area contributed by atoms with Gasteiger partial charge in [-0.3, -0.25) is 0 Å². The second-order valence-electron chi connectivity index (χ2n) is 4.85. The lowest BCUT2D eigenvalue weighted by molar-refractivity contribution is 0.318. The third-order valence-electron chi connectivity index (χ3n) is 3.26. The molecule has 1 aromatic carbocycles. The maximum atomic E-state index is 6.06. The Labute approximate surface area is 129 Å². The number of benzene rings is 1. The average molecular weight is 310 g/mol. The SMILES string of the molecule is CCC(N)Cc1cc(Cl)ccc1OCCc1ccsc1. The Morgan fingerprint density at radius 2 is 2.20 bits per heavy atom. The number of hydrogen-bond donors (Lipinski definition) is 1. The Hall–Kier alpha value is -1.03. The molecular formula is C16H20ClNOS. The van der Waals surface area contributed by atoms with Crippen molar-refractivity contribution in [1.82, 2.24) is 0 Å². The van der Waals surface area contributed by atoms with Crippen molar-refractivity contribution in [2.75, 3.05) is 6.61 Å². The highest BCUT2D eigenvalue weighted by atomic mass is 35.5. The van der Waals surface area contributed by atoms with Crippen molar-refractivity contribution in [3.05, 3.63) is 51.2 Å². The van der Waals surface area contributed by atoms with Crippen LogP contribution in [0.1, 0.15) is 24.5 Å². The van der Waals surface area contributed by atoms with Gasteiger partial charge >= 0.3 is 0 Å². The summed E-state index contributed by atoms with van der Waals surface area (Å²) in [6, 6.07) is 8.03. The smallest absolute Gasteiger partial charge is 0.122 e. The van der Waals surface area contributed by atoms with E-state index in [1.165, 1.54) is 5.56 Å². The first-order valence-corrected chi connectivity index (χ1v) is 8.19. The van der Waals surface area contributed by atoms with Crippen LogP contribution in [0.4, 0.5) is 0 Å². The predicted octanol–water partition coefficient (Wildman–Crippen LogP) is 4.30. The topological polar surface area (TPSA) is 35.2 Å². The summed E-state index contributed by atoms with van der Waals surface area (Å²) in [5, 5.41) is 4.97. The molecule has 2 N–H and O–H groups in total. The molecule has 0 aliphatic carbocycles. The van der Waals surface area contributed by atoms with Crippen LogP contribution >= 0.6 is 22.9 Å². The molecule has 108 valence electrons. The summed E-state index contributed by atoms with van der Waals surface area (Å²) in [6.45, 7) is 2.76. The highest BCUT2D eigenvalue weighted by molar-refractivity contribution is 7.07. The lowest BCUT2D eigenvalue weighted by atomic mass is 10.0. The van der Waals surface area contributed by atoms with Crippen molar-refractivity contribution in [2.45, 2.75) is 32.2 Å². The van der Waals surface area contributed by atoms with Crippen LogP contribution in [-0.2, 0) is 12.8 Å². The number of rotatable bonds is 7. The van der Waals surface area contributed by atoms with E-state index in [1.54, 1.807) is 11.3 Å². The molecule has 4 heteroatoms. The van der Waals surface area contributed by atoms with Gasteiger partial charge in [0.1, 0.15) is 5.75 Å². The fraction of sp³-hybridized carbons (Fsp3) is 0.375. The Bertz CT molecular complexity index is 527. The predicted molar refractivity (Wildman–Crippen MR) is 86.9 cm³/mol. The van der Waals surface area contributed by atoms with Crippen LogP contribution < -0.4 is 10.5 Å². The Morgan fingerprint density at radius 1 is 1.35 bits per heavy atom. The molecule has 20 heavy (non-hydrogen) atoms. The number of thiophene rings is 1. The highest BCUT2D eigenvalue weighted by Gasteiger charge is 2.09. The Morgan fingerprint density at radius 3 is 2.90 bits per heavy atom. The second-order valence-corrected chi connectivity index (χ2v) is 6.07. The van der Waals surface area contributed by atoms with Crippen LogP contribution in [0.3, 0.4) is 0 Å². The molecule has 0 amide bonds. The third-order valence-corrected chi connectivity index (χ3v) is 4.22. The van der Waals surface area contributed by atoms with Crippen molar-refractivity contribution in [3.8, 4) is 5.75 Å². The molecule has 0 saturated carbocycles. The van der Waals surface area contributed by atoms with Gasteiger partial charge in [-0.15, -0.1) is 0 Å². The third kappa shape index (κ3) is 4.51. The number of nitrogens with two attached hydrogens (primary N) is 1. The zero-order valence-corrected chi connectivity index (χ0v) is 13.2. The minimum absolute atomic E-state index is 0.146. The molecule has 1 atom stereocenters. The summed E-state index contributed by atoms with van der Waals surface area (Å²) >= 11 is 7.78. The summed E-state index contributed by atoms with van der Waals surface area (Å²) in [6.07, 6.45) is 2.66. The lowest BCUT2D eigenvalue weighted by Gasteiger charge is -2.14. The summed E-state index contributed by atoms with van der Waals surface area (Å²) in [5.41, 5.74) is 8.44. The van der Waals surface area contributed by atoms with Crippen LogP contribution in [0, 0.1) is 0 Å². The number of hydrogen-bond acceptors (Lipinski definition) is 3. The summed E-state index contributed by atoms with van der Waals surface area (Å²) < 4.78 is 5.90. The van der Waals surface area contributed by atoms with Gasteiger partial charge in [0.15, 0.2) is 0 Å². The lowest BCUT2D eigenvalue weighted by Crippen LogP contribution is -2.21. The molecule has 0 spiro atoms. The molecule has 1 heterocycles. The van der Waals surface area contributed by atoms with Crippen LogP contribution in [-0.4, -0.2) is 12.6 Å². The minimum atomic E-state index is 0.146. The van der Waals surface area contributed by atoms with Gasteiger partial charge in [-0.05, 0) is 59.0 Å². The molecule has 1 aromatic heterocycles. The highest BCUT2D eigenvalue weighted by Crippen LogP contribution is 2.24. The zero-order chi connectivity index (χ0) is 14.4. The number of ether oxygens (including phenoxy) is 1. The van der Waals surface area contributed by atoms with E-state index in [2.05, 4.69) is 23.8 Å². The molecule has 1 unspecified atom stereocenters. The van der Waals surface area contributed by atoms with Crippen LogP contribution in [0.15, 0.2) is 35.0 Å². The zero-order valence-electron chi connectivity index (χ0n) is 11.6. The van der Waals surface area contributed by atoms with Gasteiger partial charge in [-0.1, -0.05) is 18.5 Å². The fourth-order valence-corrected chi connectivity index (χ4v) is 2.89. The summed E-state index contributed by atoms with van der Waals surface area (Å²) in [7, 11) is 0. The maximum Gasteiger partial charge on any atom is 0.122 e. The quantitative estimate of drug-likeness (QED) is 0.827. The van der Waals surface area contributed by atoms with Gasteiger partial charge in [-0.25, -0.2) is 0 Å². The molecule has 0 radical (unpaired) electrons. The molecule has 0 aliphatic rings. The van der Waals surface area contributed by atoms with Gasteiger partial charge in [0, 0.05) is 17.5 Å². The Balaban J connectivity index is 1.98. The van der Waals surface area contributed by atoms with E-state index in [0.717, 1.165) is 35.6 Å². The largest absolute Gasteiger partial charge is 0.493 e. The van der Waals surface area contributed by atoms with Crippen molar-refractivity contribution in [2.24, 2.45) is 5.73 Å². The first kappa shape index (κ1) is 15.4. The molecule has 2 rings (SSSR count). The molecule has 2 aromatic rings. The molecule has 0 bridgehead atoms. The first-order valence-electron chi connectivity index (χ1n) is 6.87. The van der Waals surface area contributed by atoms with E-state index < -0.39 is 0 Å². The standard InChI is InChI=1S/C16H20ClNOS/c1-2-15(18)10-13-9-14(17)3-4-16(13)19-7-5-12-6-8-20-11-12/h3-4,6,8-9,11,15H,2,5,7,10,18H2,1H3. The van der Waals surface area contributed by atoms with Gasteiger partial charge in [-0.2, -0.15) is 11.3 Å². The van der Waals surface area contributed by atoms with Crippen LogP contribution in [0.5, 0.6) is 5.75 Å². The van der Waals surface area contributed by atoms with Gasteiger partial charge in [0.05, 0.1) is 6.61 Å². The van der Waals surface area contributed by atoms with Crippen molar-refractivity contribution in [3.63, 3.8) is 0 Å². The molecule has 2 nitrogen and oxygen atoms in total. The van der Waals surface area contributed by atoms with Crippen molar-refractivity contribution < 1.29 is 4.74 Å². The average Bonchev–Trinajstić information content (AvgIpc) is 2.94. The number of halogens is 1. The normalized spacial score (nSPS) is 12.3. The van der Waals surface area contributed by atoms with Crippen LogP contribution in [0.25, 0.3) is 0 Å². The molecule has 0 saturated heterocycles. The maximum absolute atomic E-state index is 6.06. The van der Waals surface area contributed by atoms with E-state index in [4.69, 9.17) is 22.1 Å².